The van der Waals surface area contributed by atoms with E-state index in [9.17, 15) is 18.0 Å². The predicted octanol–water partition coefficient (Wildman–Crippen LogP) is 6.86. The molecule has 0 radical (unpaired) electrons. The molecular formula is C34H41Cl2N3O4S. The van der Waals surface area contributed by atoms with Crippen molar-refractivity contribution in [1.82, 2.24) is 10.2 Å². The zero-order chi connectivity index (χ0) is 31.9. The number of aryl methyl sites for hydroxylation is 2. The normalized spacial score (nSPS) is 14.3. The van der Waals surface area contributed by atoms with Gasteiger partial charge in [-0.3, -0.25) is 13.9 Å². The minimum atomic E-state index is -3.60. The fraction of sp³-hybridized carbons (Fsp3) is 0.412. The molecule has 3 aromatic carbocycles. The number of halogens is 2. The van der Waals surface area contributed by atoms with E-state index in [1.54, 1.807) is 23.1 Å². The Labute approximate surface area is 271 Å². The summed E-state index contributed by atoms with van der Waals surface area (Å²) in [5, 5.41) is 4.08. The number of nitrogens with zero attached hydrogens (tertiary/aromatic N) is 2. The van der Waals surface area contributed by atoms with Crippen LogP contribution in [0.2, 0.25) is 10.0 Å². The van der Waals surface area contributed by atoms with Crippen molar-refractivity contribution in [3.63, 3.8) is 0 Å². The van der Waals surface area contributed by atoms with Crippen LogP contribution in [0.4, 0.5) is 5.69 Å². The van der Waals surface area contributed by atoms with Crippen molar-refractivity contribution in [1.29, 1.82) is 0 Å². The Morgan fingerprint density at radius 3 is 2.23 bits per heavy atom. The van der Waals surface area contributed by atoms with Crippen LogP contribution in [-0.2, 0) is 32.6 Å². The Morgan fingerprint density at radius 1 is 0.955 bits per heavy atom. The van der Waals surface area contributed by atoms with Gasteiger partial charge in [-0.05, 0) is 79.6 Å². The summed E-state index contributed by atoms with van der Waals surface area (Å²) < 4.78 is 26.9. The molecule has 2 amide bonds. The van der Waals surface area contributed by atoms with E-state index in [1.807, 2.05) is 62.4 Å². The maximum absolute atomic E-state index is 14.1. The molecule has 7 nitrogen and oxygen atoms in total. The molecule has 1 atom stereocenters. The highest BCUT2D eigenvalue weighted by atomic mass is 35.5. The molecule has 3 aromatic rings. The highest BCUT2D eigenvalue weighted by Gasteiger charge is 2.32. The summed E-state index contributed by atoms with van der Waals surface area (Å²) in [5.41, 5.74) is 4.07. The van der Waals surface area contributed by atoms with Crippen LogP contribution in [0.5, 0.6) is 0 Å². The Balaban J connectivity index is 1.62. The van der Waals surface area contributed by atoms with Crippen LogP contribution < -0.4 is 9.62 Å². The molecule has 0 saturated heterocycles. The number of carbonyl (C=O) groups excluding carboxylic acids is 2. The third kappa shape index (κ3) is 9.46. The summed E-state index contributed by atoms with van der Waals surface area (Å²) in [6, 6.07) is 19.7. The highest BCUT2D eigenvalue weighted by Crippen LogP contribution is 2.26. The Kier molecular flexibility index (Phi) is 11.7. The Bertz CT molecular complexity index is 1540. The first-order valence-electron chi connectivity index (χ1n) is 15.0. The number of rotatable bonds is 13. The zero-order valence-electron chi connectivity index (χ0n) is 25.6. The molecule has 0 aliphatic heterocycles. The topological polar surface area (TPSA) is 86.8 Å². The molecule has 4 rings (SSSR count). The monoisotopic (exact) mass is 657 g/mol. The molecule has 0 bridgehead atoms. The van der Waals surface area contributed by atoms with Crippen LogP contribution in [0.1, 0.15) is 60.8 Å². The molecule has 1 saturated carbocycles. The van der Waals surface area contributed by atoms with Crippen molar-refractivity contribution in [2.75, 3.05) is 17.1 Å². The van der Waals surface area contributed by atoms with E-state index in [0.29, 0.717) is 27.7 Å². The van der Waals surface area contributed by atoms with Gasteiger partial charge in [0, 0.05) is 42.0 Å². The summed E-state index contributed by atoms with van der Waals surface area (Å²) in [6.07, 6.45) is 5.78. The van der Waals surface area contributed by atoms with Crippen molar-refractivity contribution < 1.29 is 18.0 Å². The quantitative estimate of drug-likeness (QED) is 0.218. The largest absolute Gasteiger partial charge is 0.352 e. The van der Waals surface area contributed by atoms with Gasteiger partial charge in [0.1, 0.15) is 6.04 Å². The molecule has 44 heavy (non-hydrogen) atoms. The number of anilines is 1. The highest BCUT2D eigenvalue weighted by molar-refractivity contribution is 7.92. The van der Waals surface area contributed by atoms with Crippen molar-refractivity contribution in [2.24, 2.45) is 0 Å². The standard InChI is InChI=1S/C34H41Cl2N3O4S/c1-24-18-25(2)20-30(19-24)39(44(3,42)43)17-9-14-33(40)38(23-27-15-16-28(35)22-31(27)36)32(21-26-10-5-4-6-11-26)34(41)37-29-12-7-8-13-29/h4-6,10-11,15-16,18-20,22,29,32H,7-9,12-14,17,21,23H2,1-3H3,(H,37,41)/t32-/m0/s1. The minimum absolute atomic E-state index is 0.0457. The fourth-order valence-electron chi connectivity index (χ4n) is 5.85. The maximum Gasteiger partial charge on any atom is 0.243 e. The summed E-state index contributed by atoms with van der Waals surface area (Å²) in [6.45, 7) is 4.07. The second kappa shape index (κ2) is 15.3. The molecule has 1 aliphatic carbocycles. The lowest BCUT2D eigenvalue weighted by Crippen LogP contribution is -2.52. The minimum Gasteiger partial charge on any atom is -0.352 e. The third-order valence-corrected chi connectivity index (χ3v) is 9.76. The molecule has 0 unspecified atom stereocenters. The van der Waals surface area contributed by atoms with Gasteiger partial charge in [-0.1, -0.05) is 78.5 Å². The summed E-state index contributed by atoms with van der Waals surface area (Å²) in [7, 11) is -3.60. The van der Waals surface area contributed by atoms with E-state index < -0.39 is 16.1 Å². The first-order chi connectivity index (χ1) is 20.9. The molecule has 0 aromatic heterocycles. The zero-order valence-corrected chi connectivity index (χ0v) is 27.9. The number of amides is 2. The van der Waals surface area contributed by atoms with Crippen LogP contribution in [0, 0.1) is 13.8 Å². The van der Waals surface area contributed by atoms with E-state index in [1.165, 1.54) is 10.6 Å². The molecule has 1 N–H and O–H groups in total. The van der Waals surface area contributed by atoms with Crippen LogP contribution in [-0.4, -0.2) is 50.0 Å². The average molecular weight is 659 g/mol. The number of hydrogen-bond donors (Lipinski definition) is 1. The van der Waals surface area contributed by atoms with Gasteiger partial charge in [0.2, 0.25) is 21.8 Å². The summed E-state index contributed by atoms with van der Waals surface area (Å²) in [4.78, 5) is 29.6. The summed E-state index contributed by atoms with van der Waals surface area (Å²) >= 11 is 12.7. The Hall–Kier alpha value is -3.07. The lowest BCUT2D eigenvalue weighted by molar-refractivity contribution is -0.141. The van der Waals surface area contributed by atoms with Gasteiger partial charge < -0.3 is 10.2 Å². The number of hydrogen-bond acceptors (Lipinski definition) is 4. The van der Waals surface area contributed by atoms with Gasteiger partial charge in [-0.15, -0.1) is 0 Å². The maximum atomic E-state index is 14.1. The number of carbonyl (C=O) groups is 2. The molecule has 236 valence electrons. The second-order valence-electron chi connectivity index (χ2n) is 11.7. The lowest BCUT2D eigenvalue weighted by atomic mass is 10.0. The van der Waals surface area contributed by atoms with Gasteiger partial charge in [0.05, 0.1) is 11.9 Å². The van der Waals surface area contributed by atoms with E-state index in [-0.39, 0.29) is 43.8 Å². The molecule has 1 aliphatic rings. The van der Waals surface area contributed by atoms with Gasteiger partial charge in [0.15, 0.2) is 0 Å². The van der Waals surface area contributed by atoms with Gasteiger partial charge in [-0.25, -0.2) is 8.42 Å². The van der Waals surface area contributed by atoms with Gasteiger partial charge in [0.25, 0.3) is 0 Å². The predicted molar refractivity (Wildman–Crippen MR) is 179 cm³/mol. The molecule has 0 heterocycles. The van der Waals surface area contributed by atoms with E-state index in [0.717, 1.165) is 42.4 Å². The van der Waals surface area contributed by atoms with Crippen molar-refractivity contribution in [3.8, 4) is 0 Å². The SMILES string of the molecule is Cc1cc(C)cc(N(CCCC(=O)N(Cc2ccc(Cl)cc2Cl)[C@@H](Cc2ccccc2)C(=O)NC2CCCC2)S(C)(=O)=O)c1. The summed E-state index contributed by atoms with van der Waals surface area (Å²) in [5.74, 6) is -0.459. The molecule has 1 fully saturated rings. The number of sulfonamides is 1. The smallest absolute Gasteiger partial charge is 0.243 e. The second-order valence-corrected chi connectivity index (χ2v) is 14.5. The Morgan fingerprint density at radius 2 is 1.61 bits per heavy atom. The molecular weight excluding hydrogens is 617 g/mol. The van der Waals surface area contributed by atoms with Gasteiger partial charge in [-0.2, -0.15) is 0 Å². The van der Waals surface area contributed by atoms with E-state index >= 15 is 0 Å². The molecule has 10 heteroatoms. The number of nitrogens with one attached hydrogen (secondary N) is 1. The first kappa shape index (κ1) is 33.8. The van der Waals surface area contributed by atoms with E-state index in [2.05, 4.69) is 5.32 Å². The van der Waals surface area contributed by atoms with Gasteiger partial charge >= 0.3 is 0 Å². The first-order valence-corrected chi connectivity index (χ1v) is 17.6. The number of benzene rings is 3. The van der Waals surface area contributed by atoms with E-state index in [4.69, 9.17) is 23.2 Å². The van der Waals surface area contributed by atoms with Crippen LogP contribution in [0.15, 0.2) is 66.7 Å². The third-order valence-electron chi connectivity index (χ3n) is 7.98. The van der Waals surface area contributed by atoms with Crippen molar-refractivity contribution in [2.45, 2.75) is 77.4 Å². The molecule has 0 spiro atoms. The lowest BCUT2D eigenvalue weighted by Gasteiger charge is -2.33. The average Bonchev–Trinajstić information content (AvgIpc) is 3.46. The van der Waals surface area contributed by atoms with Crippen LogP contribution >= 0.6 is 23.2 Å². The fourth-order valence-corrected chi connectivity index (χ4v) is 7.27. The van der Waals surface area contributed by atoms with Crippen LogP contribution in [0.25, 0.3) is 0 Å². The van der Waals surface area contributed by atoms with Crippen LogP contribution in [0.3, 0.4) is 0 Å². The van der Waals surface area contributed by atoms with Crippen molar-refractivity contribution >= 4 is 50.7 Å². The van der Waals surface area contributed by atoms with Crippen molar-refractivity contribution in [3.05, 3.63) is 99.0 Å².